The zero-order chi connectivity index (χ0) is 13.0. The van der Waals surface area contributed by atoms with Gasteiger partial charge in [-0.15, -0.1) is 0 Å². The molecule has 1 aliphatic rings. The van der Waals surface area contributed by atoms with E-state index >= 15 is 0 Å². The minimum atomic E-state index is -0.504. The summed E-state index contributed by atoms with van der Waals surface area (Å²) in [6, 6.07) is 5.64. The Labute approximate surface area is 104 Å². The SMILES string of the molecule is O=C(Nc1ccc([N+](=O)[O-])cc1)OC1CCCC1. The lowest BCUT2D eigenvalue weighted by molar-refractivity contribution is -0.384. The van der Waals surface area contributed by atoms with Crippen LogP contribution in [0, 0.1) is 10.1 Å². The van der Waals surface area contributed by atoms with E-state index in [1.807, 2.05) is 0 Å². The van der Waals surface area contributed by atoms with Crippen molar-refractivity contribution in [1.82, 2.24) is 0 Å². The minimum absolute atomic E-state index is 0.00282. The number of nitro groups is 1. The molecule has 0 heterocycles. The third kappa shape index (κ3) is 3.19. The number of nitrogens with one attached hydrogen (secondary N) is 1. The summed E-state index contributed by atoms with van der Waals surface area (Å²) in [4.78, 5) is 21.5. The number of carbonyl (C=O) groups is 1. The predicted molar refractivity (Wildman–Crippen MR) is 65.5 cm³/mol. The molecule has 0 unspecified atom stereocenters. The molecule has 0 atom stereocenters. The van der Waals surface area contributed by atoms with Gasteiger partial charge in [0.1, 0.15) is 6.10 Å². The molecule has 1 aliphatic carbocycles. The van der Waals surface area contributed by atoms with Gasteiger partial charge in [-0.2, -0.15) is 0 Å². The van der Waals surface area contributed by atoms with Crippen LogP contribution in [0.4, 0.5) is 16.2 Å². The highest BCUT2D eigenvalue weighted by atomic mass is 16.6. The zero-order valence-electron chi connectivity index (χ0n) is 9.80. The molecule has 0 aliphatic heterocycles. The molecule has 1 saturated carbocycles. The summed E-state index contributed by atoms with van der Waals surface area (Å²) in [7, 11) is 0. The molecule has 0 aromatic heterocycles. The molecule has 1 fully saturated rings. The molecule has 2 rings (SSSR count). The summed E-state index contributed by atoms with van der Waals surface area (Å²) in [5.41, 5.74) is 0.480. The van der Waals surface area contributed by atoms with Crippen LogP contribution in [0.3, 0.4) is 0 Å². The first-order valence-corrected chi connectivity index (χ1v) is 5.87. The fraction of sp³-hybridized carbons (Fsp3) is 0.417. The van der Waals surface area contributed by atoms with Gasteiger partial charge in [-0.25, -0.2) is 4.79 Å². The quantitative estimate of drug-likeness (QED) is 0.660. The number of non-ortho nitro benzene ring substituents is 1. The second kappa shape index (κ2) is 5.48. The first-order valence-electron chi connectivity index (χ1n) is 5.87. The topological polar surface area (TPSA) is 81.5 Å². The van der Waals surface area contributed by atoms with Crippen molar-refractivity contribution in [3.63, 3.8) is 0 Å². The molecule has 1 aromatic carbocycles. The van der Waals surface area contributed by atoms with Gasteiger partial charge in [0, 0.05) is 17.8 Å². The summed E-state index contributed by atoms with van der Waals surface area (Å²) in [5, 5.41) is 13.0. The van der Waals surface area contributed by atoms with Gasteiger partial charge in [0.05, 0.1) is 4.92 Å². The van der Waals surface area contributed by atoms with Gasteiger partial charge in [0.15, 0.2) is 0 Å². The van der Waals surface area contributed by atoms with Crippen molar-refractivity contribution in [2.45, 2.75) is 31.8 Å². The van der Waals surface area contributed by atoms with Gasteiger partial charge < -0.3 is 4.74 Å². The number of ether oxygens (including phenoxy) is 1. The van der Waals surface area contributed by atoms with Crippen molar-refractivity contribution in [3.05, 3.63) is 34.4 Å². The number of nitrogens with zero attached hydrogens (tertiary/aromatic N) is 1. The van der Waals surface area contributed by atoms with E-state index in [0.29, 0.717) is 5.69 Å². The first kappa shape index (κ1) is 12.3. The number of rotatable bonds is 3. The lowest BCUT2D eigenvalue weighted by atomic mass is 10.3. The molecule has 1 aromatic rings. The summed E-state index contributed by atoms with van der Waals surface area (Å²) in [6.45, 7) is 0. The number of hydrogen-bond acceptors (Lipinski definition) is 4. The van der Waals surface area contributed by atoms with E-state index in [1.54, 1.807) is 0 Å². The van der Waals surface area contributed by atoms with Crippen LogP contribution in [0.25, 0.3) is 0 Å². The third-order valence-electron chi connectivity index (χ3n) is 2.90. The van der Waals surface area contributed by atoms with Crippen LogP contribution in [0.15, 0.2) is 24.3 Å². The smallest absolute Gasteiger partial charge is 0.411 e. The van der Waals surface area contributed by atoms with Crippen molar-refractivity contribution >= 4 is 17.5 Å². The Balaban J connectivity index is 1.88. The van der Waals surface area contributed by atoms with Gasteiger partial charge in [-0.3, -0.25) is 15.4 Å². The van der Waals surface area contributed by atoms with E-state index in [9.17, 15) is 14.9 Å². The number of nitro benzene ring substituents is 1. The molecule has 1 amide bonds. The largest absolute Gasteiger partial charge is 0.446 e. The molecule has 6 nitrogen and oxygen atoms in total. The number of amides is 1. The Hall–Kier alpha value is -2.11. The van der Waals surface area contributed by atoms with E-state index in [2.05, 4.69) is 5.32 Å². The lowest BCUT2D eigenvalue weighted by Crippen LogP contribution is -2.20. The number of carbonyl (C=O) groups excluding carboxylic acids is 1. The molecular weight excluding hydrogens is 236 g/mol. The highest BCUT2D eigenvalue weighted by Crippen LogP contribution is 2.22. The van der Waals surface area contributed by atoms with Crippen LogP contribution in [-0.4, -0.2) is 17.1 Å². The molecule has 0 spiro atoms. The molecule has 0 bridgehead atoms. The molecule has 18 heavy (non-hydrogen) atoms. The first-order chi connectivity index (χ1) is 8.65. The highest BCUT2D eigenvalue weighted by molar-refractivity contribution is 5.84. The lowest BCUT2D eigenvalue weighted by Gasteiger charge is -2.11. The van der Waals surface area contributed by atoms with E-state index in [4.69, 9.17) is 4.74 Å². The van der Waals surface area contributed by atoms with Crippen LogP contribution in [0.1, 0.15) is 25.7 Å². The van der Waals surface area contributed by atoms with Crippen molar-refractivity contribution in [2.75, 3.05) is 5.32 Å². The molecule has 0 saturated heterocycles. The Morgan fingerprint density at radius 2 is 1.89 bits per heavy atom. The van der Waals surface area contributed by atoms with Crippen LogP contribution in [0.5, 0.6) is 0 Å². The molecule has 1 N–H and O–H groups in total. The fourth-order valence-corrected chi connectivity index (χ4v) is 1.97. The summed E-state index contributed by atoms with van der Waals surface area (Å²) in [5.74, 6) is 0. The molecule has 96 valence electrons. The van der Waals surface area contributed by atoms with Crippen molar-refractivity contribution in [1.29, 1.82) is 0 Å². The average Bonchev–Trinajstić information content (AvgIpc) is 2.82. The van der Waals surface area contributed by atoms with Gasteiger partial charge in [0.25, 0.3) is 5.69 Å². The maximum Gasteiger partial charge on any atom is 0.411 e. The number of hydrogen-bond donors (Lipinski definition) is 1. The summed E-state index contributed by atoms with van der Waals surface area (Å²) in [6.07, 6.45) is 3.51. The van der Waals surface area contributed by atoms with Crippen LogP contribution >= 0.6 is 0 Å². The van der Waals surface area contributed by atoms with Gasteiger partial charge in [-0.1, -0.05) is 0 Å². The highest BCUT2D eigenvalue weighted by Gasteiger charge is 2.19. The Morgan fingerprint density at radius 1 is 1.28 bits per heavy atom. The second-order valence-electron chi connectivity index (χ2n) is 4.24. The number of anilines is 1. The monoisotopic (exact) mass is 250 g/mol. The Kier molecular flexibility index (Phi) is 3.76. The minimum Gasteiger partial charge on any atom is -0.446 e. The van der Waals surface area contributed by atoms with Gasteiger partial charge in [-0.05, 0) is 37.8 Å². The Morgan fingerprint density at radius 3 is 2.44 bits per heavy atom. The van der Waals surface area contributed by atoms with Crippen molar-refractivity contribution in [3.8, 4) is 0 Å². The standard InChI is InChI=1S/C12H14N2O4/c15-12(18-11-3-1-2-4-11)13-9-5-7-10(8-6-9)14(16)17/h5-8,11H,1-4H2,(H,13,15). The average molecular weight is 250 g/mol. The Bertz CT molecular complexity index is 438. The van der Waals surface area contributed by atoms with Gasteiger partial charge >= 0.3 is 6.09 Å². The van der Waals surface area contributed by atoms with Gasteiger partial charge in [0.2, 0.25) is 0 Å². The molecular formula is C12H14N2O4. The van der Waals surface area contributed by atoms with E-state index < -0.39 is 11.0 Å². The fourth-order valence-electron chi connectivity index (χ4n) is 1.97. The maximum absolute atomic E-state index is 11.5. The van der Waals surface area contributed by atoms with Crippen LogP contribution in [0.2, 0.25) is 0 Å². The van der Waals surface area contributed by atoms with Crippen molar-refractivity contribution in [2.24, 2.45) is 0 Å². The van der Waals surface area contributed by atoms with E-state index in [1.165, 1.54) is 24.3 Å². The number of benzene rings is 1. The predicted octanol–water partition coefficient (Wildman–Crippen LogP) is 3.09. The third-order valence-corrected chi connectivity index (χ3v) is 2.90. The van der Waals surface area contributed by atoms with Crippen molar-refractivity contribution < 1.29 is 14.5 Å². The maximum atomic E-state index is 11.5. The van der Waals surface area contributed by atoms with E-state index in [-0.39, 0.29) is 11.8 Å². The van der Waals surface area contributed by atoms with Crippen LogP contribution in [-0.2, 0) is 4.74 Å². The van der Waals surface area contributed by atoms with E-state index in [0.717, 1.165) is 25.7 Å². The van der Waals surface area contributed by atoms with Crippen LogP contribution < -0.4 is 5.32 Å². The molecule has 0 radical (unpaired) electrons. The zero-order valence-corrected chi connectivity index (χ0v) is 9.80. The normalized spacial score (nSPS) is 15.3. The summed E-state index contributed by atoms with van der Waals surface area (Å²) >= 11 is 0. The molecule has 6 heteroatoms. The summed E-state index contributed by atoms with van der Waals surface area (Å²) < 4.78 is 5.21. The second-order valence-corrected chi connectivity index (χ2v) is 4.24.